The van der Waals surface area contributed by atoms with Crippen LogP contribution in [-0.2, 0) is 4.79 Å². The molecule has 0 unspecified atom stereocenters. The molecular weight excluding hydrogens is 514 g/mol. The number of allylic oxidation sites excluding steroid dienone is 2. The second-order valence-electron chi connectivity index (χ2n) is 13.1. The second-order valence-corrected chi connectivity index (χ2v) is 13.1. The molecule has 5 aliphatic rings. The summed E-state index contributed by atoms with van der Waals surface area (Å²) in [7, 11) is 0. The van der Waals surface area contributed by atoms with Crippen LogP contribution in [0.2, 0.25) is 0 Å². The van der Waals surface area contributed by atoms with Crippen molar-refractivity contribution < 1.29 is 33.6 Å². The van der Waals surface area contributed by atoms with E-state index >= 15 is 0 Å². The number of hydrogen-bond donors (Lipinski definition) is 3. The third kappa shape index (κ3) is 8.87. The van der Waals surface area contributed by atoms with E-state index in [4.69, 9.17) is 9.84 Å². The number of hydrogen-bond acceptors (Lipinski definition) is 4. The lowest BCUT2D eigenvalue weighted by atomic mass is 9.50. The molecule has 0 heterocycles. The van der Waals surface area contributed by atoms with Crippen LogP contribution in [0.25, 0.3) is 0 Å². The van der Waals surface area contributed by atoms with Crippen LogP contribution in [0.4, 0.5) is 8.78 Å². The Morgan fingerprint density at radius 1 is 1.00 bits per heavy atom. The van der Waals surface area contributed by atoms with Crippen molar-refractivity contribution in [1.29, 1.82) is 0 Å². The molecule has 5 aliphatic carbocycles. The number of benzene rings is 1. The molecule has 5 fully saturated rings. The summed E-state index contributed by atoms with van der Waals surface area (Å²) in [6.45, 7) is 1.73. The molecule has 1 aromatic rings. The molecule has 4 bridgehead atoms. The van der Waals surface area contributed by atoms with Crippen molar-refractivity contribution in [1.82, 2.24) is 0 Å². The van der Waals surface area contributed by atoms with Crippen molar-refractivity contribution in [3.05, 3.63) is 54.6 Å². The molecule has 1 aromatic carbocycles. The number of carbonyl (C=O) groups is 1. The van der Waals surface area contributed by atoms with Crippen molar-refractivity contribution in [3.8, 4) is 5.75 Å². The van der Waals surface area contributed by atoms with Gasteiger partial charge in [0.1, 0.15) is 5.75 Å². The van der Waals surface area contributed by atoms with E-state index in [0.29, 0.717) is 25.0 Å². The number of halogens is 2. The van der Waals surface area contributed by atoms with Gasteiger partial charge in [-0.15, -0.1) is 0 Å². The van der Waals surface area contributed by atoms with Gasteiger partial charge < -0.3 is 20.1 Å². The van der Waals surface area contributed by atoms with Crippen molar-refractivity contribution >= 4 is 5.97 Å². The molecule has 40 heavy (non-hydrogen) atoms. The van der Waals surface area contributed by atoms with Crippen molar-refractivity contribution in [2.45, 2.75) is 95.7 Å². The summed E-state index contributed by atoms with van der Waals surface area (Å²) in [6, 6.07) is 8.34. The minimum atomic E-state index is -3.21. The van der Waals surface area contributed by atoms with Crippen molar-refractivity contribution in [2.75, 3.05) is 6.61 Å². The molecule has 0 saturated heterocycles. The van der Waals surface area contributed by atoms with E-state index in [1.165, 1.54) is 6.08 Å². The van der Waals surface area contributed by atoms with E-state index in [2.05, 4.69) is 6.92 Å². The molecule has 222 valence electrons. The predicted molar refractivity (Wildman–Crippen MR) is 151 cm³/mol. The number of alkyl halides is 2. The van der Waals surface area contributed by atoms with Crippen LogP contribution >= 0.6 is 0 Å². The first-order chi connectivity index (χ1) is 19.0. The first-order valence-corrected chi connectivity index (χ1v) is 15.0. The lowest BCUT2D eigenvalue weighted by molar-refractivity contribution is -0.137. The van der Waals surface area contributed by atoms with E-state index < -0.39 is 36.6 Å². The Bertz CT molecular complexity index is 972. The molecule has 5 saturated carbocycles. The number of ether oxygens (including phenoxy) is 1. The smallest absolute Gasteiger partial charge is 0.303 e. The highest BCUT2D eigenvalue weighted by molar-refractivity contribution is 5.66. The summed E-state index contributed by atoms with van der Waals surface area (Å²) in [6.07, 6.45) is 15.2. The van der Waals surface area contributed by atoms with Gasteiger partial charge in [-0.1, -0.05) is 43.4 Å². The van der Waals surface area contributed by atoms with Crippen LogP contribution in [0.3, 0.4) is 0 Å². The fourth-order valence-corrected chi connectivity index (χ4v) is 7.99. The third-order valence-corrected chi connectivity index (χ3v) is 9.33. The minimum absolute atomic E-state index is 0.0839. The molecule has 0 aliphatic heterocycles. The van der Waals surface area contributed by atoms with Gasteiger partial charge in [-0.2, -0.15) is 8.78 Å². The van der Waals surface area contributed by atoms with Crippen LogP contribution in [0.15, 0.2) is 54.6 Å². The largest absolute Gasteiger partial charge is 0.487 e. The maximum Gasteiger partial charge on any atom is 0.303 e. The Kier molecular flexibility index (Phi) is 10.4. The van der Waals surface area contributed by atoms with Crippen molar-refractivity contribution in [3.63, 3.8) is 0 Å². The summed E-state index contributed by atoms with van der Waals surface area (Å²) >= 11 is 0. The van der Waals surface area contributed by atoms with E-state index in [1.807, 2.05) is 12.2 Å². The highest BCUT2D eigenvalue weighted by Crippen LogP contribution is 2.59. The van der Waals surface area contributed by atoms with Gasteiger partial charge in [0.25, 0.3) is 5.92 Å². The fourth-order valence-electron chi connectivity index (χ4n) is 7.99. The average Bonchev–Trinajstić information content (AvgIpc) is 3.15. The lowest BCUT2D eigenvalue weighted by Crippen LogP contribution is -2.44. The Morgan fingerprint density at radius 3 is 2.20 bits per heavy atom. The lowest BCUT2D eigenvalue weighted by Gasteiger charge is -2.55. The van der Waals surface area contributed by atoms with Gasteiger partial charge in [-0.3, -0.25) is 4.79 Å². The fraction of sp³-hybridized carbons (Fsp3) is 0.667. The SMILES string of the molecule is CC12CC3CC(CC(C3)C1)C2.O=C(O)CCC/C=C\C[C@@H]1[C@@H](/C=C/C(F)(F)COc2ccccc2)[C@H](O)C[C@@H]1O. The monoisotopic (exact) mass is 560 g/mol. The number of aliphatic hydroxyl groups excluding tert-OH is 2. The van der Waals surface area contributed by atoms with Gasteiger partial charge >= 0.3 is 5.97 Å². The molecule has 0 aromatic heterocycles. The molecule has 6 rings (SSSR count). The molecule has 5 nitrogen and oxygen atoms in total. The first-order valence-electron chi connectivity index (χ1n) is 15.0. The normalized spacial score (nSPS) is 34.8. The summed E-state index contributed by atoms with van der Waals surface area (Å²) in [5, 5.41) is 28.9. The number of aliphatic hydroxyl groups is 2. The van der Waals surface area contributed by atoms with Gasteiger partial charge in [0.15, 0.2) is 6.61 Å². The van der Waals surface area contributed by atoms with Crippen molar-refractivity contribution in [2.24, 2.45) is 35.0 Å². The average molecular weight is 561 g/mol. The summed E-state index contributed by atoms with van der Waals surface area (Å²) in [5.41, 5.74) is 0.800. The van der Waals surface area contributed by atoms with Gasteiger partial charge in [0, 0.05) is 18.8 Å². The maximum atomic E-state index is 14.2. The van der Waals surface area contributed by atoms with Gasteiger partial charge in [-0.25, -0.2) is 0 Å². The zero-order valence-corrected chi connectivity index (χ0v) is 23.6. The van der Waals surface area contributed by atoms with E-state index in [9.17, 15) is 23.8 Å². The third-order valence-electron chi connectivity index (χ3n) is 9.33. The predicted octanol–water partition coefficient (Wildman–Crippen LogP) is 7.04. The van der Waals surface area contributed by atoms with Gasteiger partial charge in [0.05, 0.1) is 12.2 Å². The number of aliphatic carboxylic acids is 1. The minimum Gasteiger partial charge on any atom is -0.487 e. The van der Waals surface area contributed by atoms with E-state index in [1.54, 1.807) is 68.9 Å². The zero-order valence-electron chi connectivity index (χ0n) is 23.6. The van der Waals surface area contributed by atoms with Crippen LogP contribution < -0.4 is 4.74 Å². The molecule has 4 atom stereocenters. The second kappa shape index (κ2) is 13.6. The standard InChI is InChI=1S/C22H28F2O5.C11H18/c23-22(24,15-29-16-8-4-3-5-9-16)13-12-18-17(19(25)14-20(18)26)10-6-1-2-7-11-21(27)28;1-11-5-8-2-9(6-11)4-10(3-8)7-11/h1,3-6,8-9,12-13,17-20,25-26H,2,7,10-11,14-15H2,(H,27,28);8-10H,2-7H2,1H3/b6-1-,13-12+;/t17-,18-,19+,20-;/m1./s1. The highest BCUT2D eigenvalue weighted by atomic mass is 19.3. The molecule has 0 amide bonds. The van der Waals surface area contributed by atoms with E-state index in [0.717, 1.165) is 29.2 Å². The van der Waals surface area contributed by atoms with Crippen LogP contribution in [0.1, 0.15) is 77.6 Å². The first kappa shape index (κ1) is 30.7. The molecule has 3 N–H and O–H groups in total. The van der Waals surface area contributed by atoms with E-state index in [-0.39, 0.29) is 18.8 Å². The van der Waals surface area contributed by atoms with Crippen LogP contribution in [0, 0.1) is 35.0 Å². The summed E-state index contributed by atoms with van der Waals surface area (Å²) in [5.74, 6) is -1.24. The van der Waals surface area contributed by atoms with Crippen LogP contribution in [-0.4, -0.2) is 46.0 Å². The Balaban J connectivity index is 0.000000273. The molecule has 7 heteroatoms. The number of rotatable bonds is 11. The number of unbranched alkanes of at least 4 members (excludes halogenated alkanes) is 1. The van der Waals surface area contributed by atoms with Gasteiger partial charge in [0.2, 0.25) is 0 Å². The quantitative estimate of drug-likeness (QED) is 0.200. The number of para-hydroxylation sites is 1. The van der Waals surface area contributed by atoms with Gasteiger partial charge in [-0.05, 0) is 105 Å². The topological polar surface area (TPSA) is 87.0 Å². The number of carboxylic acids is 1. The zero-order chi connectivity index (χ0) is 28.8. The molecule has 0 radical (unpaired) electrons. The Morgan fingerprint density at radius 2 is 1.62 bits per heavy atom. The molecular formula is C33H46F2O5. The Labute approximate surface area is 237 Å². The Hall–Kier alpha value is -2.25. The van der Waals surface area contributed by atoms with Crippen LogP contribution in [0.5, 0.6) is 5.75 Å². The summed E-state index contributed by atoms with van der Waals surface area (Å²) < 4.78 is 33.4. The highest BCUT2D eigenvalue weighted by Gasteiger charge is 2.48. The molecule has 0 spiro atoms. The number of carboxylic acid groups (broad SMARTS) is 1. The summed E-state index contributed by atoms with van der Waals surface area (Å²) in [4.78, 5) is 10.5. The maximum absolute atomic E-state index is 14.2.